The molecular weight excluding hydrogens is 363 g/mol. The van der Waals surface area contributed by atoms with E-state index in [1.54, 1.807) is 24.3 Å². The van der Waals surface area contributed by atoms with Gasteiger partial charge in [-0.05, 0) is 24.3 Å². The van der Waals surface area contributed by atoms with Crippen LogP contribution in [0.4, 0.5) is 18.9 Å². The molecule has 0 atom stereocenters. The van der Waals surface area contributed by atoms with Crippen molar-refractivity contribution in [3.63, 3.8) is 0 Å². The van der Waals surface area contributed by atoms with Gasteiger partial charge in [0.15, 0.2) is 5.69 Å². The summed E-state index contributed by atoms with van der Waals surface area (Å²) in [6, 6.07) is 9.56. The van der Waals surface area contributed by atoms with Crippen molar-refractivity contribution in [1.82, 2.24) is 9.78 Å². The van der Waals surface area contributed by atoms with E-state index in [9.17, 15) is 22.8 Å². The van der Waals surface area contributed by atoms with Crippen molar-refractivity contribution in [3.05, 3.63) is 64.1 Å². The molecule has 140 valence electrons. The number of alkyl halides is 3. The first-order chi connectivity index (χ1) is 12.7. The fourth-order valence-electron chi connectivity index (χ4n) is 2.66. The van der Waals surface area contributed by atoms with E-state index >= 15 is 0 Å². The molecule has 0 unspecified atom stereocenters. The predicted octanol–water partition coefficient (Wildman–Crippen LogP) is 3.21. The van der Waals surface area contributed by atoms with Gasteiger partial charge >= 0.3 is 6.18 Å². The van der Waals surface area contributed by atoms with Gasteiger partial charge in [0.05, 0.1) is 18.1 Å². The molecule has 1 N–H and O–H groups in total. The third-order valence-electron chi connectivity index (χ3n) is 3.93. The zero-order valence-corrected chi connectivity index (χ0v) is 14.3. The number of methoxy groups -OCH3 is 1. The van der Waals surface area contributed by atoms with Crippen molar-refractivity contribution in [2.45, 2.75) is 6.18 Å². The largest absolute Gasteiger partial charge is 0.496 e. The number of rotatable bonds is 3. The summed E-state index contributed by atoms with van der Waals surface area (Å²) in [7, 11) is 2.52. The van der Waals surface area contributed by atoms with E-state index in [0.717, 1.165) is 23.9 Å². The van der Waals surface area contributed by atoms with Gasteiger partial charge in [-0.2, -0.15) is 18.3 Å². The van der Waals surface area contributed by atoms with Gasteiger partial charge in [-0.15, -0.1) is 0 Å². The molecule has 3 aromatic rings. The average molecular weight is 377 g/mol. The molecule has 0 spiro atoms. The second-order valence-corrected chi connectivity index (χ2v) is 5.69. The SMILES string of the molecule is COc1ccc(NC(=O)c2nn(C)c(=O)c3ccccc23)cc1C(F)(F)F. The fourth-order valence-corrected chi connectivity index (χ4v) is 2.66. The van der Waals surface area contributed by atoms with Gasteiger partial charge in [-0.3, -0.25) is 9.59 Å². The molecular formula is C18H14F3N3O3. The van der Waals surface area contributed by atoms with Gasteiger partial charge < -0.3 is 10.1 Å². The highest BCUT2D eigenvalue weighted by molar-refractivity contribution is 6.11. The summed E-state index contributed by atoms with van der Waals surface area (Å²) in [6.07, 6.45) is -4.65. The van der Waals surface area contributed by atoms with Gasteiger partial charge in [-0.25, -0.2) is 4.68 Å². The second-order valence-electron chi connectivity index (χ2n) is 5.69. The first-order valence-electron chi connectivity index (χ1n) is 7.75. The molecule has 6 nitrogen and oxygen atoms in total. The van der Waals surface area contributed by atoms with Crippen LogP contribution >= 0.6 is 0 Å². The number of carbonyl (C=O) groups excluding carboxylic acids is 1. The third kappa shape index (κ3) is 3.48. The third-order valence-corrected chi connectivity index (χ3v) is 3.93. The molecule has 0 aliphatic carbocycles. The fraction of sp³-hybridized carbons (Fsp3) is 0.167. The van der Waals surface area contributed by atoms with E-state index in [2.05, 4.69) is 10.4 Å². The summed E-state index contributed by atoms with van der Waals surface area (Å²) < 4.78 is 45.1. The molecule has 0 fully saturated rings. The average Bonchev–Trinajstić information content (AvgIpc) is 2.64. The van der Waals surface area contributed by atoms with E-state index in [4.69, 9.17) is 4.74 Å². The monoisotopic (exact) mass is 377 g/mol. The van der Waals surface area contributed by atoms with Gasteiger partial charge in [0.25, 0.3) is 11.5 Å². The number of aryl methyl sites for hydroxylation is 1. The van der Waals surface area contributed by atoms with Crippen LogP contribution < -0.4 is 15.6 Å². The molecule has 1 heterocycles. The van der Waals surface area contributed by atoms with Crippen molar-refractivity contribution in [2.24, 2.45) is 7.05 Å². The zero-order valence-electron chi connectivity index (χ0n) is 14.3. The normalized spacial score (nSPS) is 11.4. The number of nitrogens with zero attached hydrogens (tertiary/aromatic N) is 2. The molecule has 3 rings (SSSR count). The van der Waals surface area contributed by atoms with E-state index < -0.39 is 17.6 Å². The number of hydrogen-bond acceptors (Lipinski definition) is 4. The lowest BCUT2D eigenvalue weighted by Crippen LogP contribution is -2.25. The number of benzene rings is 2. The van der Waals surface area contributed by atoms with Crippen LogP contribution in [0, 0.1) is 0 Å². The molecule has 0 saturated heterocycles. The highest BCUT2D eigenvalue weighted by Crippen LogP contribution is 2.37. The predicted molar refractivity (Wildman–Crippen MR) is 92.9 cm³/mol. The van der Waals surface area contributed by atoms with Crippen LogP contribution in [0.5, 0.6) is 5.75 Å². The number of halogens is 3. The van der Waals surface area contributed by atoms with Crippen LogP contribution in [0.3, 0.4) is 0 Å². The van der Waals surface area contributed by atoms with Gasteiger partial charge in [0.1, 0.15) is 5.75 Å². The minimum atomic E-state index is -4.65. The Morgan fingerprint density at radius 1 is 1.15 bits per heavy atom. The molecule has 0 bridgehead atoms. The van der Waals surface area contributed by atoms with Crippen LogP contribution in [-0.2, 0) is 13.2 Å². The Balaban J connectivity index is 2.03. The Labute approximate surface area is 151 Å². The highest BCUT2D eigenvalue weighted by Gasteiger charge is 2.34. The molecule has 1 amide bonds. The molecule has 2 aromatic carbocycles. The highest BCUT2D eigenvalue weighted by atomic mass is 19.4. The molecule has 0 radical (unpaired) electrons. The molecule has 27 heavy (non-hydrogen) atoms. The van der Waals surface area contributed by atoms with Crippen LogP contribution in [0.2, 0.25) is 0 Å². The Morgan fingerprint density at radius 2 is 1.81 bits per heavy atom. The Bertz CT molecular complexity index is 1090. The number of anilines is 1. The maximum atomic E-state index is 13.1. The van der Waals surface area contributed by atoms with Crippen LogP contribution in [0.1, 0.15) is 16.1 Å². The standard InChI is InChI=1S/C18H14F3N3O3/c1-24-17(26)12-6-4-3-5-11(12)15(23-24)16(25)22-10-7-8-14(27-2)13(9-10)18(19,20)21/h3-9H,1-2H3,(H,22,25). The Kier molecular flexibility index (Phi) is 4.61. The van der Waals surface area contributed by atoms with E-state index in [1.807, 2.05) is 0 Å². The van der Waals surface area contributed by atoms with Crippen molar-refractivity contribution in [2.75, 3.05) is 12.4 Å². The molecule has 0 aliphatic heterocycles. The lowest BCUT2D eigenvalue weighted by molar-refractivity contribution is -0.138. The summed E-state index contributed by atoms with van der Waals surface area (Å²) in [6.45, 7) is 0. The minimum Gasteiger partial charge on any atom is -0.496 e. The van der Waals surface area contributed by atoms with Crippen LogP contribution in [-0.4, -0.2) is 22.8 Å². The molecule has 0 saturated carbocycles. The maximum Gasteiger partial charge on any atom is 0.420 e. The summed E-state index contributed by atoms with van der Waals surface area (Å²) in [5, 5.41) is 6.93. The first kappa shape index (κ1) is 18.4. The summed E-state index contributed by atoms with van der Waals surface area (Å²) in [5.41, 5.74) is -1.54. The van der Waals surface area contributed by atoms with Crippen molar-refractivity contribution in [3.8, 4) is 5.75 Å². The van der Waals surface area contributed by atoms with Gasteiger partial charge in [0, 0.05) is 18.1 Å². The number of amides is 1. The van der Waals surface area contributed by atoms with Gasteiger partial charge in [0.2, 0.25) is 0 Å². The lowest BCUT2D eigenvalue weighted by Gasteiger charge is -2.14. The maximum absolute atomic E-state index is 13.1. The number of nitrogens with one attached hydrogen (secondary N) is 1. The van der Waals surface area contributed by atoms with E-state index in [-0.39, 0.29) is 28.1 Å². The van der Waals surface area contributed by atoms with E-state index in [1.165, 1.54) is 13.1 Å². The lowest BCUT2D eigenvalue weighted by atomic mass is 10.1. The van der Waals surface area contributed by atoms with Gasteiger partial charge in [-0.1, -0.05) is 18.2 Å². The number of ether oxygens (including phenoxy) is 1. The molecule has 9 heteroatoms. The van der Waals surface area contributed by atoms with Crippen molar-refractivity contribution >= 4 is 22.4 Å². The minimum absolute atomic E-state index is 0.0722. The van der Waals surface area contributed by atoms with E-state index in [0.29, 0.717) is 5.39 Å². The summed E-state index contributed by atoms with van der Waals surface area (Å²) >= 11 is 0. The molecule has 0 aliphatic rings. The number of fused-ring (bicyclic) bond motifs is 1. The van der Waals surface area contributed by atoms with Crippen molar-refractivity contribution < 1.29 is 22.7 Å². The number of carbonyl (C=O) groups is 1. The van der Waals surface area contributed by atoms with Crippen LogP contribution in [0.25, 0.3) is 10.8 Å². The quantitative estimate of drug-likeness (QED) is 0.761. The second kappa shape index (κ2) is 6.75. The molecule has 1 aromatic heterocycles. The number of hydrogen-bond donors (Lipinski definition) is 1. The first-order valence-corrected chi connectivity index (χ1v) is 7.75. The Morgan fingerprint density at radius 3 is 2.44 bits per heavy atom. The summed E-state index contributed by atoms with van der Waals surface area (Å²) in [4.78, 5) is 24.7. The zero-order chi connectivity index (χ0) is 19.8. The summed E-state index contributed by atoms with van der Waals surface area (Å²) in [5.74, 6) is -1.09. The number of aromatic nitrogens is 2. The van der Waals surface area contributed by atoms with Crippen molar-refractivity contribution in [1.29, 1.82) is 0 Å². The Hall–Kier alpha value is -3.36. The van der Waals surface area contributed by atoms with Crippen LogP contribution in [0.15, 0.2) is 47.3 Å². The topological polar surface area (TPSA) is 73.2 Å². The smallest absolute Gasteiger partial charge is 0.420 e.